The number of nitrogens with one attached hydrogen (secondary N) is 2. The largest absolute Gasteiger partial charge is 0.465 e. The van der Waals surface area contributed by atoms with E-state index in [9.17, 15) is 9.59 Å². The van der Waals surface area contributed by atoms with Crippen LogP contribution in [0.2, 0.25) is 0 Å². The summed E-state index contributed by atoms with van der Waals surface area (Å²) in [7, 11) is 1.35. The SMILES string of the molecule is CCCC(=O)N(Cc1cc(C(=O)OC)cc(-c2cccc(C(=N)N)c2)c1)CC1CCN(C(C)=N)CC1. The first-order valence-corrected chi connectivity index (χ1v) is 12.5. The Bertz CT molecular complexity index is 1120. The summed E-state index contributed by atoms with van der Waals surface area (Å²) in [6.45, 7) is 6.54. The molecule has 0 unspecified atom stereocenters. The van der Waals surface area contributed by atoms with E-state index in [1.165, 1.54) is 7.11 Å². The summed E-state index contributed by atoms with van der Waals surface area (Å²) in [5.74, 6) is 0.598. The molecule has 0 saturated carbocycles. The molecule has 0 bridgehead atoms. The first-order chi connectivity index (χ1) is 17.2. The van der Waals surface area contributed by atoms with Gasteiger partial charge >= 0.3 is 5.97 Å². The van der Waals surface area contributed by atoms with Gasteiger partial charge in [-0.15, -0.1) is 0 Å². The second kappa shape index (κ2) is 12.3. The van der Waals surface area contributed by atoms with E-state index in [0.717, 1.165) is 49.0 Å². The van der Waals surface area contributed by atoms with Gasteiger partial charge in [0.05, 0.1) is 18.5 Å². The predicted octanol–water partition coefficient (Wildman–Crippen LogP) is 4.26. The van der Waals surface area contributed by atoms with Gasteiger partial charge in [-0.3, -0.25) is 15.6 Å². The summed E-state index contributed by atoms with van der Waals surface area (Å²) in [6, 6.07) is 12.9. The lowest BCUT2D eigenvalue weighted by Crippen LogP contribution is -2.42. The van der Waals surface area contributed by atoms with Crippen molar-refractivity contribution < 1.29 is 14.3 Å². The van der Waals surface area contributed by atoms with E-state index in [1.807, 2.05) is 43.0 Å². The zero-order valence-corrected chi connectivity index (χ0v) is 21.5. The predicted molar refractivity (Wildman–Crippen MR) is 142 cm³/mol. The number of nitrogen functional groups attached to an aromatic ring is 1. The minimum absolute atomic E-state index is 0.0261. The van der Waals surface area contributed by atoms with Gasteiger partial charge in [0.15, 0.2) is 0 Å². The number of carbonyl (C=O) groups is 2. The molecule has 1 aliphatic heterocycles. The molecular formula is C28H37N5O3. The fourth-order valence-electron chi connectivity index (χ4n) is 4.66. The van der Waals surface area contributed by atoms with Gasteiger partial charge in [0.2, 0.25) is 5.91 Å². The summed E-state index contributed by atoms with van der Waals surface area (Å²) in [4.78, 5) is 29.6. The number of rotatable bonds is 9. The van der Waals surface area contributed by atoms with Crippen LogP contribution in [0, 0.1) is 16.7 Å². The summed E-state index contributed by atoms with van der Waals surface area (Å²) in [5.41, 5.74) is 9.17. The molecule has 8 heteroatoms. The second-order valence-electron chi connectivity index (χ2n) is 9.44. The topological polar surface area (TPSA) is 124 Å². The number of esters is 1. The van der Waals surface area contributed by atoms with Crippen LogP contribution in [0.1, 0.15) is 61.0 Å². The summed E-state index contributed by atoms with van der Waals surface area (Å²) >= 11 is 0. The van der Waals surface area contributed by atoms with Crippen molar-refractivity contribution in [2.75, 3.05) is 26.7 Å². The first-order valence-electron chi connectivity index (χ1n) is 12.5. The maximum Gasteiger partial charge on any atom is 0.337 e. The molecule has 192 valence electrons. The van der Waals surface area contributed by atoms with Gasteiger partial charge in [-0.25, -0.2) is 4.79 Å². The molecule has 2 aromatic rings. The quantitative estimate of drug-likeness (QED) is 0.275. The number of ether oxygens (including phenoxy) is 1. The molecule has 36 heavy (non-hydrogen) atoms. The van der Waals surface area contributed by atoms with Gasteiger partial charge < -0.3 is 20.3 Å². The Hall–Kier alpha value is -3.68. The van der Waals surface area contributed by atoms with Gasteiger partial charge in [-0.2, -0.15) is 0 Å². The summed E-state index contributed by atoms with van der Waals surface area (Å²) in [6.07, 6.45) is 3.13. The molecule has 3 rings (SSSR count). The Morgan fingerprint density at radius 2 is 1.78 bits per heavy atom. The van der Waals surface area contributed by atoms with E-state index in [-0.39, 0.29) is 11.7 Å². The van der Waals surface area contributed by atoms with Gasteiger partial charge in [-0.1, -0.05) is 25.1 Å². The average molecular weight is 492 g/mol. The number of benzene rings is 2. The molecule has 0 radical (unpaired) electrons. The van der Waals surface area contributed by atoms with Crippen LogP contribution in [0.3, 0.4) is 0 Å². The van der Waals surface area contributed by atoms with Crippen LogP contribution in [0.15, 0.2) is 42.5 Å². The first kappa shape index (κ1) is 26.9. The number of amidine groups is 2. The second-order valence-corrected chi connectivity index (χ2v) is 9.44. The van der Waals surface area contributed by atoms with Gasteiger partial charge in [0.1, 0.15) is 5.84 Å². The highest BCUT2D eigenvalue weighted by molar-refractivity contribution is 5.96. The molecule has 1 fully saturated rings. The van der Waals surface area contributed by atoms with Crippen molar-refractivity contribution in [1.82, 2.24) is 9.80 Å². The molecule has 8 nitrogen and oxygen atoms in total. The van der Waals surface area contributed by atoms with Gasteiger partial charge in [0, 0.05) is 38.2 Å². The van der Waals surface area contributed by atoms with Crippen LogP contribution in [-0.4, -0.2) is 60.1 Å². The maximum absolute atomic E-state index is 13.1. The number of hydrogen-bond donors (Lipinski definition) is 3. The third kappa shape index (κ3) is 6.93. The number of methoxy groups -OCH3 is 1. The van der Waals surface area contributed by atoms with Crippen molar-refractivity contribution in [2.45, 2.75) is 46.1 Å². The number of nitrogens with two attached hydrogens (primary N) is 1. The van der Waals surface area contributed by atoms with E-state index in [2.05, 4.69) is 4.90 Å². The van der Waals surface area contributed by atoms with E-state index < -0.39 is 5.97 Å². The molecule has 1 heterocycles. The molecular weight excluding hydrogens is 454 g/mol. The Labute approximate surface area is 213 Å². The third-order valence-electron chi connectivity index (χ3n) is 6.68. The van der Waals surface area contributed by atoms with Crippen molar-refractivity contribution >= 4 is 23.5 Å². The maximum atomic E-state index is 13.1. The number of hydrogen-bond acceptors (Lipinski definition) is 5. The number of carbonyl (C=O) groups excluding carboxylic acids is 2. The Kier molecular flexibility index (Phi) is 9.22. The van der Waals surface area contributed by atoms with Crippen LogP contribution in [0.5, 0.6) is 0 Å². The lowest BCUT2D eigenvalue weighted by molar-refractivity contribution is -0.132. The van der Waals surface area contributed by atoms with E-state index in [0.29, 0.717) is 42.4 Å². The zero-order valence-electron chi connectivity index (χ0n) is 21.5. The highest BCUT2D eigenvalue weighted by atomic mass is 16.5. The normalized spacial score (nSPS) is 13.8. The van der Waals surface area contributed by atoms with Crippen molar-refractivity contribution in [3.63, 3.8) is 0 Å². The zero-order chi connectivity index (χ0) is 26.2. The number of amides is 1. The highest BCUT2D eigenvalue weighted by Gasteiger charge is 2.24. The van der Waals surface area contributed by atoms with Crippen LogP contribution < -0.4 is 5.73 Å². The van der Waals surface area contributed by atoms with Crippen LogP contribution in [-0.2, 0) is 16.1 Å². The molecule has 0 atom stereocenters. The van der Waals surface area contributed by atoms with E-state index >= 15 is 0 Å². The molecule has 4 N–H and O–H groups in total. The van der Waals surface area contributed by atoms with Crippen LogP contribution in [0.4, 0.5) is 0 Å². The van der Waals surface area contributed by atoms with Crippen molar-refractivity contribution in [3.05, 3.63) is 59.2 Å². The summed E-state index contributed by atoms with van der Waals surface area (Å²) in [5, 5.41) is 15.6. The van der Waals surface area contributed by atoms with Crippen LogP contribution in [0.25, 0.3) is 11.1 Å². The molecule has 1 aliphatic rings. The van der Waals surface area contributed by atoms with E-state index in [1.54, 1.807) is 18.2 Å². The number of nitrogens with zero attached hydrogens (tertiary/aromatic N) is 2. The summed E-state index contributed by atoms with van der Waals surface area (Å²) < 4.78 is 4.99. The van der Waals surface area contributed by atoms with Crippen LogP contribution >= 0.6 is 0 Å². The molecule has 0 aliphatic carbocycles. The van der Waals surface area contributed by atoms with Gasteiger partial charge in [-0.05, 0) is 73.1 Å². The van der Waals surface area contributed by atoms with Crippen molar-refractivity contribution in [1.29, 1.82) is 10.8 Å². The Balaban J connectivity index is 1.90. The number of piperidine rings is 1. The smallest absolute Gasteiger partial charge is 0.337 e. The molecule has 1 saturated heterocycles. The van der Waals surface area contributed by atoms with Gasteiger partial charge in [0.25, 0.3) is 0 Å². The fourth-order valence-corrected chi connectivity index (χ4v) is 4.66. The molecule has 0 aromatic heterocycles. The average Bonchev–Trinajstić information content (AvgIpc) is 2.88. The lowest BCUT2D eigenvalue weighted by atomic mass is 9.95. The lowest BCUT2D eigenvalue weighted by Gasteiger charge is -2.35. The standard InChI is InChI=1S/C28H37N5O3/c1-4-6-26(34)33(17-20-9-11-32(12-10-20)19(2)29)18-21-13-24(16-25(14-21)28(35)36-3)22-7-5-8-23(15-22)27(30)31/h5,7-8,13-16,20,29H,4,6,9-12,17-18H2,1-3H3,(H3,30,31). The van der Waals surface area contributed by atoms with Crippen molar-refractivity contribution in [2.24, 2.45) is 11.7 Å². The fraction of sp³-hybridized carbons (Fsp3) is 0.429. The Morgan fingerprint density at radius 1 is 1.08 bits per heavy atom. The highest BCUT2D eigenvalue weighted by Crippen LogP contribution is 2.26. The monoisotopic (exact) mass is 491 g/mol. The number of likely N-dealkylation sites (tertiary alicyclic amines) is 1. The molecule has 1 amide bonds. The Morgan fingerprint density at radius 3 is 2.39 bits per heavy atom. The van der Waals surface area contributed by atoms with E-state index in [4.69, 9.17) is 21.3 Å². The minimum Gasteiger partial charge on any atom is -0.465 e. The molecule has 2 aromatic carbocycles. The van der Waals surface area contributed by atoms with Crippen molar-refractivity contribution in [3.8, 4) is 11.1 Å². The molecule has 0 spiro atoms. The third-order valence-corrected chi connectivity index (χ3v) is 6.68. The minimum atomic E-state index is -0.443.